The van der Waals surface area contributed by atoms with Crippen LogP contribution in [0.1, 0.15) is 12.0 Å². The monoisotopic (exact) mass is 346 g/mol. The molecule has 5 nitrogen and oxygen atoms in total. The summed E-state index contributed by atoms with van der Waals surface area (Å²) in [6, 6.07) is 13.6. The van der Waals surface area contributed by atoms with Crippen molar-refractivity contribution in [3.63, 3.8) is 0 Å². The summed E-state index contributed by atoms with van der Waals surface area (Å²) in [7, 11) is 1.55. The zero-order chi connectivity index (χ0) is 17.5. The van der Waals surface area contributed by atoms with Gasteiger partial charge in [0.15, 0.2) is 0 Å². The van der Waals surface area contributed by atoms with Crippen molar-refractivity contribution in [3.05, 3.63) is 59.1 Å². The van der Waals surface area contributed by atoms with Crippen LogP contribution < -0.4 is 15.2 Å². The molecule has 1 unspecified atom stereocenters. The first-order valence-corrected chi connectivity index (χ1v) is 7.75. The summed E-state index contributed by atoms with van der Waals surface area (Å²) >= 11 is 5.81. The van der Waals surface area contributed by atoms with E-state index in [1.165, 1.54) is 0 Å². The molecule has 0 radical (unpaired) electrons. The van der Waals surface area contributed by atoms with E-state index in [-0.39, 0.29) is 18.7 Å². The van der Waals surface area contributed by atoms with Crippen molar-refractivity contribution in [2.24, 2.45) is 5.92 Å². The van der Waals surface area contributed by atoms with E-state index >= 15 is 0 Å². The van der Waals surface area contributed by atoms with Gasteiger partial charge in [-0.2, -0.15) is 0 Å². The topological polar surface area (TPSA) is 78.5 Å². The number of hydrogen-bond donors (Lipinski definition) is 1. The summed E-state index contributed by atoms with van der Waals surface area (Å²) in [6.45, 7) is 0. The summed E-state index contributed by atoms with van der Waals surface area (Å²) in [5.41, 5.74) is 1.36. The van der Waals surface area contributed by atoms with Crippen LogP contribution in [0.15, 0.2) is 48.5 Å². The summed E-state index contributed by atoms with van der Waals surface area (Å²) < 4.78 is 5.04. The quantitative estimate of drug-likeness (QED) is 0.834. The van der Waals surface area contributed by atoms with Gasteiger partial charge in [-0.3, -0.25) is 4.79 Å². The van der Waals surface area contributed by atoms with Crippen LogP contribution in [0.5, 0.6) is 5.75 Å². The highest BCUT2D eigenvalue weighted by molar-refractivity contribution is 6.30. The van der Waals surface area contributed by atoms with Gasteiger partial charge in [-0.15, -0.1) is 0 Å². The Bertz CT molecular complexity index is 698. The van der Waals surface area contributed by atoms with Gasteiger partial charge in [-0.1, -0.05) is 23.7 Å². The van der Waals surface area contributed by atoms with Crippen LogP contribution >= 0.6 is 11.6 Å². The number of carbonyl (C=O) groups is 2. The third kappa shape index (κ3) is 5.28. The van der Waals surface area contributed by atoms with Crippen molar-refractivity contribution in [1.82, 2.24) is 0 Å². The Kier molecular flexibility index (Phi) is 6.21. The molecular weight excluding hydrogens is 330 g/mol. The number of aliphatic carboxylic acids is 1. The van der Waals surface area contributed by atoms with Crippen LogP contribution in [0.25, 0.3) is 0 Å². The van der Waals surface area contributed by atoms with Crippen LogP contribution in [-0.2, 0) is 16.0 Å². The molecule has 0 aliphatic rings. The molecule has 0 bridgehead atoms. The Morgan fingerprint density at radius 1 is 1.12 bits per heavy atom. The standard InChI is InChI=1S/C18H18ClNO4/c1-24-16-8-6-15(7-9-16)20-17(21)11-13(18(22)23)10-12-2-4-14(19)5-3-12/h2-9,13H,10-11H2,1H3,(H,20,21)(H,22,23)/p-1. The Balaban J connectivity index is 1.97. The number of methoxy groups -OCH3 is 1. The SMILES string of the molecule is COc1ccc(NC(=O)CC(Cc2ccc(Cl)cc2)C(=O)[O-])cc1. The van der Waals surface area contributed by atoms with E-state index in [1.807, 2.05) is 0 Å². The fraction of sp³-hybridized carbons (Fsp3) is 0.222. The van der Waals surface area contributed by atoms with E-state index in [0.717, 1.165) is 5.56 Å². The molecule has 1 atom stereocenters. The largest absolute Gasteiger partial charge is 0.550 e. The predicted molar refractivity (Wildman–Crippen MR) is 89.9 cm³/mol. The second-order valence-electron chi connectivity index (χ2n) is 5.33. The minimum atomic E-state index is -1.25. The Morgan fingerprint density at radius 2 is 1.75 bits per heavy atom. The van der Waals surface area contributed by atoms with Gasteiger partial charge in [-0.25, -0.2) is 0 Å². The summed E-state index contributed by atoms with van der Waals surface area (Å²) in [5, 5.41) is 14.5. The fourth-order valence-corrected chi connectivity index (χ4v) is 2.38. The lowest BCUT2D eigenvalue weighted by Gasteiger charge is -2.18. The molecule has 0 saturated heterocycles. The normalized spacial score (nSPS) is 11.6. The first-order chi connectivity index (χ1) is 11.5. The van der Waals surface area contributed by atoms with E-state index in [4.69, 9.17) is 16.3 Å². The number of carboxylic acid groups (broad SMARTS) is 1. The molecule has 0 fully saturated rings. The predicted octanol–water partition coefficient (Wildman–Crippen LogP) is 2.29. The molecule has 0 aliphatic carbocycles. The third-order valence-electron chi connectivity index (χ3n) is 3.53. The number of benzene rings is 2. The molecular formula is C18H17ClNO4-. The zero-order valence-corrected chi connectivity index (χ0v) is 13.9. The van der Waals surface area contributed by atoms with E-state index in [2.05, 4.69) is 5.32 Å². The highest BCUT2D eigenvalue weighted by atomic mass is 35.5. The lowest BCUT2D eigenvalue weighted by molar-refractivity contribution is -0.311. The van der Waals surface area contributed by atoms with E-state index < -0.39 is 11.9 Å². The minimum absolute atomic E-state index is 0.170. The molecule has 0 saturated carbocycles. The van der Waals surface area contributed by atoms with Gasteiger partial charge in [-0.05, 0) is 48.4 Å². The highest BCUT2D eigenvalue weighted by Gasteiger charge is 2.16. The van der Waals surface area contributed by atoms with Gasteiger partial charge in [0.25, 0.3) is 0 Å². The molecule has 1 N–H and O–H groups in total. The van der Waals surface area contributed by atoms with Crippen LogP contribution in [0.4, 0.5) is 5.69 Å². The van der Waals surface area contributed by atoms with Gasteiger partial charge < -0.3 is 20.0 Å². The summed E-state index contributed by atoms with van der Waals surface area (Å²) in [6.07, 6.45) is 0.0342. The molecule has 2 aromatic rings. The maximum absolute atomic E-state index is 12.1. The number of amides is 1. The Hall–Kier alpha value is -2.53. The molecule has 2 aromatic carbocycles. The molecule has 24 heavy (non-hydrogen) atoms. The average molecular weight is 347 g/mol. The van der Waals surface area contributed by atoms with E-state index in [1.54, 1.807) is 55.6 Å². The molecule has 2 rings (SSSR count). The van der Waals surface area contributed by atoms with Crippen molar-refractivity contribution in [1.29, 1.82) is 0 Å². The molecule has 0 spiro atoms. The van der Waals surface area contributed by atoms with Crippen LogP contribution in [-0.4, -0.2) is 19.0 Å². The minimum Gasteiger partial charge on any atom is -0.550 e. The maximum Gasteiger partial charge on any atom is 0.225 e. The molecule has 6 heteroatoms. The van der Waals surface area contributed by atoms with Crippen LogP contribution in [0, 0.1) is 5.92 Å². The van der Waals surface area contributed by atoms with Crippen molar-refractivity contribution in [3.8, 4) is 5.75 Å². The fourth-order valence-electron chi connectivity index (χ4n) is 2.25. The number of carboxylic acids is 1. The molecule has 1 amide bonds. The third-order valence-corrected chi connectivity index (χ3v) is 3.79. The van der Waals surface area contributed by atoms with Gasteiger partial charge in [0.05, 0.1) is 7.11 Å². The van der Waals surface area contributed by atoms with Gasteiger partial charge >= 0.3 is 0 Å². The summed E-state index contributed by atoms with van der Waals surface area (Å²) in [5.74, 6) is -1.88. The zero-order valence-electron chi connectivity index (χ0n) is 13.1. The average Bonchev–Trinajstić information content (AvgIpc) is 2.56. The lowest BCUT2D eigenvalue weighted by atomic mass is 9.96. The van der Waals surface area contributed by atoms with Gasteiger partial charge in [0.1, 0.15) is 5.75 Å². The van der Waals surface area contributed by atoms with Crippen LogP contribution in [0.2, 0.25) is 5.02 Å². The number of nitrogens with one attached hydrogen (secondary N) is 1. The highest BCUT2D eigenvalue weighted by Crippen LogP contribution is 2.18. The second kappa shape index (κ2) is 8.36. The number of hydrogen-bond acceptors (Lipinski definition) is 4. The van der Waals surface area contributed by atoms with E-state index in [0.29, 0.717) is 16.5 Å². The smallest absolute Gasteiger partial charge is 0.225 e. The van der Waals surface area contributed by atoms with Crippen LogP contribution in [0.3, 0.4) is 0 Å². The second-order valence-corrected chi connectivity index (χ2v) is 5.76. The summed E-state index contributed by atoms with van der Waals surface area (Å²) in [4.78, 5) is 23.4. The first-order valence-electron chi connectivity index (χ1n) is 7.37. The number of halogens is 1. The number of rotatable bonds is 7. The van der Waals surface area contributed by atoms with Crippen molar-refractivity contribution in [2.75, 3.05) is 12.4 Å². The van der Waals surface area contributed by atoms with Crippen molar-refractivity contribution >= 4 is 29.2 Å². The number of carbonyl (C=O) groups excluding carboxylic acids is 2. The lowest BCUT2D eigenvalue weighted by Crippen LogP contribution is -2.35. The number of anilines is 1. The molecule has 0 heterocycles. The molecule has 126 valence electrons. The Labute approximate surface area is 145 Å². The van der Waals surface area contributed by atoms with Crippen molar-refractivity contribution in [2.45, 2.75) is 12.8 Å². The molecule has 0 aromatic heterocycles. The molecule has 0 aliphatic heterocycles. The maximum atomic E-state index is 12.1. The Morgan fingerprint density at radius 3 is 2.29 bits per heavy atom. The van der Waals surface area contributed by atoms with Crippen molar-refractivity contribution < 1.29 is 19.4 Å². The van der Waals surface area contributed by atoms with Gasteiger partial charge in [0.2, 0.25) is 5.91 Å². The first kappa shape index (κ1) is 17.8. The van der Waals surface area contributed by atoms with E-state index in [9.17, 15) is 14.7 Å². The number of ether oxygens (including phenoxy) is 1. The van der Waals surface area contributed by atoms with Gasteiger partial charge in [0, 0.05) is 29.0 Å².